The van der Waals surface area contributed by atoms with E-state index in [4.69, 9.17) is 0 Å². The molecule has 1 fully saturated rings. The zero-order valence-corrected chi connectivity index (χ0v) is 13.6. The molecule has 0 aliphatic heterocycles. The van der Waals surface area contributed by atoms with Crippen LogP contribution in [0, 0.1) is 5.92 Å². The lowest BCUT2D eigenvalue weighted by molar-refractivity contribution is 0.0746. The molecule has 5 nitrogen and oxygen atoms in total. The van der Waals surface area contributed by atoms with Crippen molar-refractivity contribution in [2.24, 2.45) is 5.92 Å². The molecule has 1 saturated carbocycles. The van der Waals surface area contributed by atoms with Gasteiger partial charge >= 0.3 is 6.03 Å². The molecule has 0 radical (unpaired) electrons. The van der Waals surface area contributed by atoms with Crippen LogP contribution in [0.15, 0.2) is 0 Å². The monoisotopic (exact) mass is 285 g/mol. The summed E-state index contributed by atoms with van der Waals surface area (Å²) in [6.07, 6.45) is 4.26. The van der Waals surface area contributed by atoms with Crippen molar-refractivity contribution in [1.29, 1.82) is 0 Å². The van der Waals surface area contributed by atoms with Gasteiger partial charge in [-0.15, -0.1) is 0 Å². The summed E-state index contributed by atoms with van der Waals surface area (Å²) in [6, 6.07) is -0.106. The van der Waals surface area contributed by atoms with Crippen molar-refractivity contribution in [3.8, 4) is 0 Å². The summed E-state index contributed by atoms with van der Waals surface area (Å²) in [7, 11) is 5.92. The Bertz CT molecular complexity index is 320. The van der Waals surface area contributed by atoms with Gasteiger partial charge in [0.15, 0.2) is 0 Å². The molecule has 2 N–H and O–H groups in total. The van der Waals surface area contributed by atoms with Gasteiger partial charge in [0, 0.05) is 25.7 Å². The molecular formula is C15H31N3O2. The second-order valence-electron chi connectivity index (χ2n) is 6.71. The van der Waals surface area contributed by atoms with Crippen LogP contribution in [0.3, 0.4) is 0 Å². The van der Waals surface area contributed by atoms with Gasteiger partial charge in [-0.2, -0.15) is 0 Å². The molecule has 1 aliphatic rings. The zero-order chi connectivity index (χ0) is 15.3. The molecule has 0 saturated heterocycles. The van der Waals surface area contributed by atoms with Gasteiger partial charge in [0.25, 0.3) is 0 Å². The van der Waals surface area contributed by atoms with Crippen LogP contribution in [0.4, 0.5) is 4.79 Å². The largest absolute Gasteiger partial charge is 0.392 e. The highest BCUT2D eigenvalue weighted by atomic mass is 16.3. The molecule has 5 heteroatoms. The van der Waals surface area contributed by atoms with Crippen LogP contribution in [-0.4, -0.2) is 66.8 Å². The lowest BCUT2D eigenvalue weighted by Crippen LogP contribution is -2.56. The Labute approximate surface area is 123 Å². The summed E-state index contributed by atoms with van der Waals surface area (Å²) in [4.78, 5) is 15.9. The maximum atomic E-state index is 12.1. The van der Waals surface area contributed by atoms with E-state index >= 15 is 0 Å². The van der Waals surface area contributed by atoms with Crippen LogP contribution in [-0.2, 0) is 0 Å². The van der Waals surface area contributed by atoms with Gasteiger partial charge in [0.1, 0.15) is 0 Å². The first-order chi connectivity index (χ1) is 9.27. The number of hydrogen-bond acceptors (Lipinski definition) is 3. The van der Waals surface area contributed by atoms with E-state index < -0.39 is 6.10 Å². The predicted octanol–water partition coefficient (Wildman–Crippen LogP) is 1.52. The van der Waals surface area contributed by atoms with Crippen molar-refractivity contribution in [3.05, 3.63) is 0 Å². The van der Waals surface area contributed by atoms with E-state index in [1.165, 1.54) is 12.8 Å². The smallest absolute Gasteiger partial charge is 0.317 e. The highest BCUT2D eigenvalue weighted by Gasteiger charge is 2.37. The summed E-state index contributed by atoms with van der Waals surface area (Å²) in [5.74, 6) is 0.707. The van der Waals surface area contributed by atoms with Gasteiger partial charge in [-0.3, -0.25) is 0 Å². The summed E-state index contributed by atoms with van der Waals surface area (Å²) in [5.41, 5.74) is 0.0684. The number of rotatable bonds is 5. The van der Waals surface area contributed by atoms with E-state index in [0.29, 0.717) is 19.0 Å². The number of nitrogens with one attached hydrogen (secondary N) is 1. The second-order valence-corrected chi connectivity index (χ2v) is 6.71. The molecule has 0 spiro atoms. The van der Waals surface area contributed by atoms with Crippen LogP contribution < -0.4 is 5.32 Å². The number of urea groups is 1. The summed E-state index contributed by atoms with van der Waals surface area (Å²) < 4.78 is 0. The molecule has 0 aromatic rings. The molecule has 118 valence electrons. The zero-order valence-electron chi connectivity index (χ0n) is 13.6. The quantitative estimate of drug-likeness (QED) is 0.805. The normalized spacial score (nSPS) is 28.2. The first kappa shape index (κ1) is 17.2. The average molecular weight is 285 g/mol. The van der Waals surface area contributed by atoms with Crippen molar-refractivity contribution in [2.45, 2.75) is 51.2 Å². The SMILES string of the molecule is CC(O)CN(C)C(=O)NCC1(N(C)C)CCCC(C)C1. The number of aliphatic hydroxyl groups excluding tert-OH is 1. The van der Waals surface area contributed by atoms with E-state index in [-0.39, 0.29) is 11.6 Å². The topological polar surface area (TPSA) is 55.8 Å². The fourth-order valence-corrected chi connectivity index (χ4v) is 3.21. The Morgan fingerprint density at radius 2 is 2.10 bits per heavy atom. The lowest BCUT2D eigenvalue weighted by Gasteiger charge is -2.45. The molecule has 0 bridgehead atoms. The van der Waals surface area contributed by atoms with Crippen molar-refractivity contribution in [2.75, 3.05) is 34.2 Å². The van der Waals surface area contributed by atoms with Crippen LogP contribution in [0.2, 0.25) is 0 Å². The minimum Gasteiger partial charge on any atom is -0.392 e. The highest BCUT2D eigenvalue weighted by molar-refractivity contribution is 5.73. The molecule has 3 unspecified atom stereocenters. The minimum atomic E-state index is -0.497. The van der Waals surface area contributed by atoms with Crippen molar-refractivity contribution in [3.63, 3.8) is 0 Å². The number of nitrogens with zero attached hydrogens (tertiary/aromatic N) is 2. The van der Waals surface area contributed by atoms with Crippen LogP contribution in [0.5, 0.6) is 0 Å². The van der Waals surface area contributed by atoms with Crippen LogP contribution in [0.25, 0.3) is 0 Å². The number of carbonyl (C=O) groups excluding carboxylic acids is 1. The molecule has 0 aromatic carbocycles. The van der Waals surface area contributed by atoms with Gasteiger partial charge < -0.3 is 20.2 Å². The summed E-state index contributed by atoms with van der Waals surface area (Å²) >= 11 is 0. The molecule has 1 aliphatic carbocycles. The van der Waals surface area contributed by atoms with Crippen molar-refractivity contribution < 1.29 is 9.90 Å². The van der Waals surface area contributed by atoms with E-state index in [2.05, 4.69) is 31.2 Å². The third-order valence-electron chi connectivity index (χ3n) is 4.47. The standard InChI is InChI=1S/C15H31N3O2/c1-12-7-6-8-15(9-12,17(3)4)11-16-14(20)18(5)10-13(2)19/h12-13,19H,6-11H2,1-5H3,(H,16,20). The first-order valence-electron chi connectivity index (χ1n) is 7.61. The average Bonchev–Trinajstić information content (AvgIpc) is 2.34. The second kappa shape index (κ2) is 7.27. The molecule has 20 heavy (non-hydrogen) atoms. The number of likely N-dealkylation sites (N-methyl/N-ethyl adjacent to an activating group) is 2. The van der Waals surface area contributed by atoms with Gasteiger partial charge in [-0.1, -0.05) is 19.8 Å². The van der Waals surface area contributed by atoms with Gasteiger partial charge in [0.05, 0.1) is 6.10 Å². The fourth-order valence-electron chi connectivity index (χ4n) is 3.21. The van der Waals surface area contributed by atoms with Gasteiger partial charge in [-0.05, 0) is 39.8 Å². The Hall–Kier alpha value is -0.810. The van der Waals surface area contributed by atoms with E-state index in [0.717, 1.165) is 12.8 Å². The van der Waals surface area contributed by atoms with Gasteiger partial charge in [-0.25, -0.2) is 4.79 Å². The number of amides is 2. The third kappa shape index (κ3) is 4.63. The first-order valence-corrected chi connectivity index (χ1v) is 7.61. The van der Waals surface area contributed by atoms with Crippen molar-refractivity contribution in [1.82, 2.24) is 15.1 Å². The highest BCUT2D eigenvalue weighted by Crippen LogP contribution is 2.35. The Morgan fingerprint density at radius 1 is 1.45 bits per heavy atom. The molecular weight excluding hydrogens is 254 g/mol. The maximum Gasteiger partial charge on any atom is 0.317 e. The number of hydrogen-bond donors (Lipinski definition) is 2. The third-order valence-corrected chi connectivity index (χ3v) is 4.47. The molecule has 2 amide bonds. The Balaban J connectivity index is 2.57. The van der Waals surface area contributed by atoms with Crippen LogP contribution in [0.1, 0.15) is 39.5 Å². The minimum absolute atomic E-state index is 0.0684. The Morgan fingerprint density at radius 3 is 2.60 bits per heavy atom. The molecule has 3 atom stereocenters. The summed E-state index contributed by atoms with van der Waals surface area (Å²) in [6.45, 7) is 5.01. The molecule has 0 heterocycles. The fraction of sp³-hybridized carbons (Fsp3) is 0.933. The number of carbonyl (C=O) groups is 1. The van der Waals surface area contributed by atoms with E-state index in [1.807, 2.05) is 0 Å². The van der Waals surface area contributed by atoms with E-state index in [1.54, 1.807) is 18.9 Å². The van der Waals surface area contributed by atoms with Crippen molar-refractivity contribution >= 4 is 6.03 Å². The predicted molar refractivity (Wildman–Crippen MR) is 81.8 cm³/mol. The molecule has 1 rings (SSSR count). The maximum absolute atomic E-state index is 12.1. The van der Waals surface area contributed by atoms with E-state index in [9.17, 15) is 9.90 Å². The van der Waals surface area contributed by atoms with Crippen LogP contribution >= 0.6 is 0 Å². The van der Waals surface area contributed by atoms with Gasteiger partial charge in [0.2, 0.25) is 0 Å². The summed E-state index contributed by atoms with van der Waals surface area (Å²) in [5, 5.41) is 12.4. The number of aliphatic hydroxyl groups is 1. The lowest BCUT2D eigenvalue weighted by atomic mass is 9.75. The Kier molecular flexibility index (Phi) is 6.27. The molecule has 0 aromatic heterocycles.